The van der Waals surface area contributed by atoms with Crippen LogP contribution < -0.4 is 0 Å². The van der Waals surface area contributed by atoms with Crippen LogP contribution in [0.5, 0.6) is 0 Å². The normalized spacial score (nSPS) is 9.89. The van der Waals surface area contributed by atoms with E-state index >= 15 is 0 Å². The molecule has 0 saturated heterocycles. The second-order valence-electron chi connectivity index (χ2n) is 3.65. The largest absolute Gasteiger partial charge is 0.466 e. The fourth-order valence-corrected chi connectivity index (χ4v) is 1.64. The summed E-state index contributed by atoms with van der Waals surface area (Å²) >= 11 is 0. The van der Waals surface area contributed by atoms with Gasteiger partial charge in [0.1, 0.15) is 0 Å². The molecule has 0 N–H and O–H groups in total. The van der Waals surface area contributed by atoms with E-state index in [1.807, 2.05) is 0 Å². The number of nitro groups is 1. The van der Waals surface area contributed by atoms with Crippen LogP contribution in [0.3, 0.4) is 0 Å². The predicted molar refractivity (Wildman–Crippen MR) is 63.6 cm³/mol. The zero-order valence-electron chi connectivity index (χ0n) is 10.1. The van der Waals surface area contributed by atoms with Crippen molar-refractivity contribution in [3.05, 3.63) is 38.9 Å². The van der Waals surface area contributed by atoms with Gasteiger partial charge >= 0.3 is 5.97 Å². The third-order valence-corrected chi connectivity index (χ3v) is 2.51. The Labute approximate surface area is 104 Å². The summed E-state index contributed by atoms with van der Waals surface area (Å²) in [7, 11) is 0. The van der Waals surface area contributed by atoms with Crippen LogP contribution in [0.4, 0.5) is 5.69 Å². The summed E-state index contributed by atoms with van der Waals surface area (Å²) in [5, 5.41) is 10.8. The van der Waals surface area contributed by atoms with Crippen LogP contribution >= 0.6 is 0 Å². The third kappa shape index (κ3) is 2.91. The zero-order chi connectivity index (χ0) is 13.7. The number of ether oxygens (including phenoxy) is 1. The molecule has 0 bridgehead atoms. The van der Waals surface area contributed by atoms with Gasteiger partial charge in [-0.2, -0.15) is 0 Å². The topological polar surface area (TPSA) is 86.5 Å². The monoisotopic (exact) mass is 251 g/mol. The molecule has 6 heteroatoms. The maximum Gasteiger partial charge on any atom is 0.310 e. The molecule has 0 amide bonds. The molecular weight excluding hydrogens is 238 g/mol. The van der Waals surface area contributed by atoms with Gasteiger partial charge in [-0.25, -0.2) is 0 Å². The van der Waals surface area contributed by atoms with E-state index in [4.69, 9.17) is 4.74 Å². The Balaban J connectivity index is 3.24. The van der Waals surface area contributed by atoms with Crippen LogP contribution in [0.25, 0.3) is 0 Å². The second kappa shape index (κ2) is 5.90. The number of aldehydes is 1. The first kappa shape index (κ1) is 13.8. The number of esters is 1. The number of benzene rings is 1. The van der Waals surface area contributed by atoms with E-state index in [0.29, 0.717) is 17.4 Å². The molecule has 0 saturated carbocycles. The van der Waals surface area contributed by atoms with Crippen LogP contribution in [0, 0.1) is 17.0 Å². The summed E-state index contributed by atoms with van der Waals surface area (Å²) in [5.74, 6) is -0.510. The highest BCUT2D eigenvalue weighted by molar-refractivity contribution is 5.87. The van der Waals surface area contributed by atoms with E-state index < -0.39 is 10.9 Å². The SMILES string of the molecule is CCOC(=O)Cc1c(C)ccc([N+](=O)[O-])c1C=O. The Morgan fingerprint density at radius 1 is 1.50 bits per heavy atom. The number of nitro benzene ring substituents is 1. The fourth-order valence-electron chi connectivity index (χ4n) is 1.64. The number of nitrogens with zero attached hydrogens (tertiary/aromatic N) is 1. The molecule has 0 aliphatic carbocycles. The maximum atomic E-state index is 11.4. The Morgan fingerprint density at radius 2 is 2.17 bits per heavy atom. The van der Waals surface area contributed by atoms with Crippen molar-refractivity contribution < 1.29 is 19.2 Å². The molecule has 1 aromatic rings. The average Bonchev–Trinajstić information content (AvgIpc) is 2.31. The van der Waals surface area contributed by atoms with Gasteiger partial charge in [0.25, 0.3) is 5.69 Å². The molecule has 1 rings (SSSR count). The molecule has 1 aromatic carbocycles. The lowest BCUT2D eigenvalue weighted by Crippen LogP contribution is -2.11. The number of rotatable bonds is 5. The van der Waals surface area contributed by atoms with Crippen molar-refractivity contribution in [3.63, 3.8) is 0 Å². The van der Waals surface area contributed by atoms with E-state index in [0.717, 1.165) is 0 Å². The quantitative estimate of drug-likeness (QED) is 0.345. The van der Waals surface area contributed by atoms with Gasteiger partial charge in [-0.1, -0.05) is 6.07 Å². The van der Waals surface area contributed by atoms with Gasteiger partial charge in [-0.05, 0) is 25.0 Å². The Hall–Kier alpha value is -2.24. The van der Waals surface area contributed by atoms with E-state index in [9.17, 15) is 19.7 Å². The van der Waals surface area contributed by atoms with Gasteiger partial charge in [0.15, 0.2) is 6.29 Å². The van der Waals surface area contributed by atoms with Crippen molar-refractivity contribution in [3.8, 4) is 0 Å². The minimum Gasteiger partial charge on any atom is -0.466 e. The van der Waals surface area contributed by atoms with E-state index in [1.165, 1.54) is 12.1 Å². The molecular formula is C12H13NO5. The molecule has 0 fully saturated rings. The van der Waals surface area contributed by atoms with Crippen molar-refractivity contribution in [1.29, 1.82) is 0 Å². The smallest absolute Gasteiger partial charge is 0.310 e. The van der Waals surface area contributed by atoms with E-state index in [-0.39, 0.29) is 24.3 Å². The molecule has 0 atom stereocenters. The molecule has 0 radical (unpaired) electrons. The van der Waals surface area contributed by atoms with Gasteiger partial charge in [0.2, 0.25) is 0 Å². The van der Waals surface area contributed by atoms with Gasteiger partial charge in [0.05, 0.1) is 23.5 Å². The number of aryl methyl sites for hydroxylation is 1. The highest BCUT2D eigenvalue weighted by Gasteiger charge is 2.20. The molecule has 0 spiro atoms. The van der Waals surface area contributed by atoms with Gasteiger partial charge in [0, 0.05) is 6.07 Å². The Kier molecular flexibility index (Phi) is 4.53. The summed E-state index contributed by atoms with van der Waals surface area (Å²) in [6, 6.07) is 2.77. The fraction of sp³-hybridized carbons (Fsp3) is 0.333. The van der Waals surface area contributed by atoms with Crippen LogP contribution in [0.1, 0.15) is 28.4 Å². The van der Waals surface area contributed by atoms with E-state index in [1.54, 1.807) is 13.8 Å². The first-order valence-corrected chi connectivity index (χ1v) is 5.38. The molecule has 96 valence electrons. The van der Waals surface area contributed by atoms with Crippen LogP contribution in [-0.4, -0.2) is 23.8 Å². The lowest BCUT2D eigenvalue weighted by atomic mass is 9.98. The Bertz CT molecular complexity index is 495. The van der Waals surface area contributed by atoms with Crippen molar-refractivity contribution in [2.75, 3.05) is 6.61 Å². The lowest BCUT2D eigenvalue weighted by molar-refractivity contribution is -0.385. The van der Waals surface area contributed by atoms with Gasteiger partial charge in [-0.3, -0.25) is 19.7 Å². The van der Waals surface area contributed by atoms with Crippen LogP contribution in [0.2, 0.25) is 0 Å². The standard InChI is InChI=1S/C12H13NO5/c1-3-18-12(15)6-9-8(2)4-5-11(13(16)17)10(9)7-14/h4-5,7H,3,6H2,1-2H3. The second-order valence-corrected chi connectivity index (χ2v) is 3.65. The summed E-state index contributed by atoms with van der Waals surface area (Å²) in [6.07, 6.45) is 0.259. The molecule has 0 unspecified atom stereocenters. The molecule has 0 aliphatic rings. The number of hydrogen-bond donors (Lipinski definition) is 0. The summed E-state index contributed by atoms with van der Waals surface area (Å²) in [4.78, 5) is 32.5. The molecule has 0 aromatic heterocycles. The minimum atomic E-state index is -0.641. The number of hydrogen-bond acceptors (Lipinski definition) is 5. The summed E-state index contributed by atoms with van der Waals surface area (Å²) in [6.45, 7) is 3.58. The van der Waals surface area contributed by atoms with E-state index in [2.05, 4.69) is 0 Å². The van der Waals surface area contributed by atoms with Crippen molar-refractivity contribution in [2.24, 2.45) is 0 Å². The first-order chi connectivity index (χ1) is 8.51. The van der Waals surface area contributed by atoms with Crippen molar-refractivity contribution in [1.82, 2.24) is 0 Å². The molecule has 6 nitrogen and oxygen atoms in total. The summed E-state index contributed by atoms with van der Waals surface area (Å²) in [5.41, 5.74) is 0.636. The van der Waals surface area contributed by atoms with Gasteiger partial charge in [-0.15, -0.1) is 0 Å². The first-order valence-electron chi connectivity index (χ1n) is 5.38. The van der Waals surface area contributed by atoms with Crippen LogP contribution in [-0.2, 0) is 16.0 Å². The summed E-state index contributed by atoms with van der Waals surface area (Å²) < 4.78 is 4.78. The Morgan fingerprint density at radius 3 is 2.67 bits per heavy atom. The highest BCUT2D eigenvalue weighted by Crippen LogP contribution is 2.24. The number of carbonyl (C=O) groups is 2. The third-order valence-electron chi connectivity index (χ3n) is 2.51. The maximum absolute atomic E-state index is 11.4. The van der Waals surface area contributed by atoms with Crippen LogP contribution in [0.15, 0.2) is 12.1 Å². The number of carbonyl (C=O) groups excluding carboxylic acids is 2. The predicted octanol–water partition coefficient (Wildman–Crippen LogP) is 1.82. The molecule has 0 heterocycles. The zero-order valence-corrected chi connectivity index (χ0v) is 10.1. The minimum absolute atomic E-state index is 0.0620. The highest BCUT2D eigenvalue weighted by atomic mass is 16.6. The lowest BCUT2D eigenvalue weighted by Gasteiger charge is -2.08. The average molecular weight is 251 g/mol. The van der Waals surface area contributed by atoms with Crippen molar-refractivity contribution >= 4 is 17.9 Å². The van der Waals surface area contributed by atoms with Gasteiger partial charge < -0.3 is 4.74 Å². The molecule has 0 aliphatic heterocycles. The van der Waals surface area contributed by atoms with Crippen molar-refractivity contribution in [2.45, 2.75) is 20.3 Å². The molecule has 18 heavy (non-hydrogen) atoms.